The highest BCUT2D eigenvalue weighted by Gasteiger charge is 2.48. The molecule has 1 aromatic carbocycles. The summed E-state index contributed by atoms with van der Waals surface area (Å²) >= 11 is 0. The summed E-state index contributed by atoms with van der Waals surface area (Å²) in [5.41, 5.74) is 4.44. The van der Waals surface area contributed by atoms with E-state index in [0.717, 1.165) is 5.69 Å². The Kier molecular flexibility index (Phi) is 5.35. The van der Waals surface area contributed by atoms with Crippen LogP contribution in [0.15, 0.2) is 41.3 Å². The van der Waals surface area contributed by atoms with Gasteiger partial charge >= 0.3 is 0 Å². The number of para-hydroxylation sites is 1. The summed E-state index contributed by atoms with van der Waals surface area (Å²) in [7, 11) is -1.74. The fourth-order valence-electron chi connectivity index (χ4n) is 3.96. The first-order valence-electron chi connectivity index (χ1n) is 9.64. The Morgan fingerprint density at radius 3 is 2.60 bits per heavy atom. The van der Waals surface area contributed by atoms with Crippen molar-refractivity contribution in [3.8, 4) is 0 Å². The number of carbonyl (C=O) groups excluding carboxylic acids is 1. The van der Waals surface area contributed by atoms with Gasteiger partial charge in [-0.3, -0.25) is 15.1 Å². The molecule has 10 nitrogen and oxygen atoms in total. The van der Waals surface area contributed by atoms with Crippen molar-refractivity contribution in [2.75, 3.05) is 23.9 Å². The standard InChI is InChI=1S/C19H25N7O3S/c1-11-8-9-15(24-23-11)21-16-10-13(17-18(22-16)25-26(2)19(17)27)20-12-6-4-5-7-14(12)30(3,28)29/h4-9,13,16-18,20,22,25H,10H2,1-3H3,(H,21,24). The summed E-state index contributed by atoms with van der Waals surface area (Å²) in [5, 5.41) is 19.7. The molecular weight excluding hydrogens is 406 g/mol. The quantitative estimate of drug-likeness (QED) is 0.529. The van der Waals surface area contributed by atoms with Crippen molar-refractivity contribution in [2.45, 2.75) is 36.6 Å². The average Bonchev–Trinajstić information content (AvgIpc) is 2.97. The van der Waals surface area contributed by atoms with Gasteiger partial charge in [0.15, 0.2) is 9.84 Å². The van der Waals surface area contributed by atoms with Gasteiger partial charge in [-0.05, 0) is 31.2 Å². The van der Waals surface area contributed by atoms with Crippen molar-refractivity contribution in [3.63, 3.8) is 0 Å². The third-order valence-corrected chi connectivity index (χ3v) is 6.51. The van der Waals surface area contributed by atoms with Gasteiger partial charge in [0, 0.05) is 25.8 Å². The Balaban J connectivity index is 1.61. The number of benzene rings is 1. The van der Waals surface area contributed by atoms with Crippen molar-refractivity contribution in [3.05, 3.63) is 42.1 Å². The number of carbonyl (C=O) groups is 1. The number of nitrogens with zero attached hydrogens (tertiary/aromatic N) is 3. The van der Waals surface area contributed by atoms with E-state index >= 15 is 0 Å². The van der Waals surface area contributed by atoms with Crippen molar-refractivity contribution < 1.29 is 13.2 Å². The number of hydrazine groups is 1. The van der Waals surface area contributed by atoms with E-state index in [9.17, 15) is 13.2 Å². The molecule has 0 spiro atoms. The fraction of sp³-hybridized carbons (Fsp3) is 0.421. The molecule has 11 heteroatoms. The molecule has 2 aliphatic rings. The number of amides is 1. The first-order chi connectivity index (χ1) is 14.2. The molecule has 0 bridgehead atoms. The van der Waals surface area contributed by atoms with Crippen LogP contribution in [0, 0.1) is 12.8 Å². The second-order valence-corrected chi connectivity index (χ2v) is 9.69. The summed E-state index contributed by atoms with van der Waals surface area (Å²) in [6.07, 6.45) is 1.18. The zero-order chi connectivity index (χ0) is 21.5. The predicted octanol–water partition coefficient (Wildman–Crippen LogP) is 0.319. The first-order valence-corrected chi connectivity index (χ1v) is 11.5. The molecule has 4 unspecified atom stereocenters. The molecule has 2 saturated heterocycles. The number of anilines is 2. The lowest BCUT2D eigenvalue weighted by molar-refractivity contribution is -0.131. The predicted molar refractivity (Wildman–Crippen MR) is 112 cm³/mol. The third-order valence-electron chi connectivity index (χ3n) is 5.36. The van der Waals surface area contributed by atoms with Crippen LogP contribution in [-0.2, 0) is 14.6 Å². The summed E-state index contributed by atoms with van der Waals surface area (Å²) < 4.78 is 24.4. The Labute approximate surface area is 175 Å². The van der Waals surface area contributed by atoms with Crippen LogP contribution in [0.5, 0.6) is 0 Å². The van der Waals surface area contributed by atoms with Crippen LogP contribution < -0.4 is 21.4 Å². The van der Waals surface area contributed by atoms with Gasteiger partial charge in [-0.1, -0.05) is 12.1 Å². The van der Waals surface area contributed by atoms with Gasteiger partial charge in [0.1, 0.15) is 5.82 Å². The van der Waals surface area contributed by atoms with Gasteiger partial charge < -0.3 is 10.6 Å². The zero-order valence-corrected chi connectivity index (χ0v) is 17.8. The van der Waals surface area contributed by atoms with Gasteiger partial charge in [-0.2, -0.15) is 5.10 Å². The second kappa shape index (κ2) is 7.82. The van der Waals surface area contributed by atoms with Crippen LogP contribution in [0.3, 0.4) is 0 Å². The zero-order valence-electron chi connectivity index (χ0n) is 17.0. The molecule has 1 amide bonds. The average molecular weight is 432 g/mol. The third kappa shape index (κ3) is 4.09. The van der Waals surface area contributed by atoms with Crippen LogP contribution in [0.25, 0.3) is 0 Å². The molecule has 2 aromatic rings. The summed E-state index contributed by atoms with van der Waals surface area (Å²) in [6, 6.07) is 10.1. The Morgan fingerprint density at radius 1 is 1.13 bits per heavy atom. The summed E-state index contributed by atoms with van der Waals surface area (Å²) in [4.78, 5) is 13.0. The smallest absolute Gasteiger partial charge is 0.244 e. The molecule has 4 atom stereocenters. The van der Waals surface area contributed by atoms with E-state index in [2.05, 4.69) is 31.6 Å². The number of aryl methyl sites for hydroxylation is 1. The van der Waals surface area contributed by atoms with Crippen LogP contribution in [0.2, 0.25) is 0 Å². The molecule has 30 heavy (non-hydrogen) atoms. The molecule has 2 aliphatic heterocycles. The van der Waals surface area contributed by atoms with Crippen molar-refractivity contribution in [1.82, 2.24) is 25.9 Å². The number of piperidine rings is 1. The topological polar surface area (TPSA) is 128 Å². The normalized spacial score (nSPS) is 26.4. The molecule has 0 aliphatic carbocycles. The Hall–Kier alpha value is -2.76. The van der Waals surface area contributed by atoms with Gasteiger partial charge in [0.05, 0.1) is 34.5 Å². The number of hydrogen-bond donors (Lipinski definition) is 4. The van der Waals surface area contributed by atoms with Crippen LogP contribution >= 0.6 is 0 Å². The molecule has 4 rings (SSSR count). The van der Waals surface area contributed by atoms with E-state index in [4.69, 9.17) is 0 Å². The lowest BCUT2D eigenvalue weighted by Crippen LogP contribution is -2.61. The molecule has 160 valence electrons. The Morgan fingerprint density at radius 2 is 1.90 bits per heavy atom. The van der Waals surface area contributed by atoms with Crippen molar-refractivity contribution >= 4 is 27.2 Å². The maximum absolute atomic E-state index is 12.7. The number of sulfone groups is 1. The van der Waals surface area contributed by atoms with E-state index in [-0.39, 0.29) is 29.2 Å². The molecular formula is C19H25N7O3S. The highest BCUT2D eigenvalue weighted by atomic mass is 32.2. The maximum atomic E-state index is 12.7. The minimum Gasteiger partial charge on any atom is -0.380 e. The van der Waals surface area contributed by atoms with E-state index in [1.807, 2.05) is 19.1 Å². The second-order valence-electron chi connectivity index (χ2n) is 7.71. The monoisotopic (exact) mass is 431 g/mol. The van der Waals surface area contributed by atoms with Crippen molar-refractivity contribution in [2.24, 2.45) is 5.92 Å². The first kappa shape index (κ1) is 20.5. The van der Waals surface area contributed by atoms with Crippen LogP contribution in [0.1, 0.15) is 12.1 Å². The van der Waals surface area contributed by atoms with Gasteiger partial charge in [-0.15, -0.1) is 5.10 Å². The van der Waals surface area contributed by atoms with Crippen LogP contribution in [-0.4, -0.2) is 61.2 Å². The van der Waals surface area contributed by atoms with E-state index < -0.39 is 15.8 Å². The molecule has 1 aromatic heterocycles. The van der Waals surface area contributed by atoms with E-state index in [1.54, 1.807) is 31.3 Å². The lowest BCUT2D eigenvalue weighted by Gasteiger charge is -2.38. The molecule has 0 saturated carbocycles. The number of aromatic nitrogens is 2. The van der Waals surface area contributed by atoms with Crippen molar-refractivity contribution in [1.29, 1.82) is 0 Å². The molecule has 3 heterocycles. The van der Waals surface area contributed by atoms with Gasteiger partial charge in [0.2, 0.25) is 5.91 Å². The minimum absolute atomic E-state index is 0.0598. The van der Waals surface area contributed by atoms with Gasteiger partial charge in [-0.25, -0.2) is 13.8 Å². The lowest BCUT2D eigenvalue weighted by atomic mass is 9.88. The SMILES string of the molecule is Cc1ccc(NC2CC(Nc3ccccc3S(C)(=O)=O)C3C(=O)N(C)NC3N2)nn1. The van der Waals surface area contributed by atoms with E-state index in [1.165, 1.54) is 11.3 Å². The molecule has 2 fully saturated rings. The number of rotatable bonds is 5. The Bertz CT molecular complexity index is 1040. The summed E-state index contributed by atoms with van der Waals surface area (Å²) in [5.74, 6) is 0.157. The van der Waals surface area contributed by atoms with Gasteiger partial charge in [0.25, 0.3) is 0 Å². The highest BCUT2D eigenvalue weighted by Crippen LogP contribution is 2.31. The molecule has 0 radical (unpaired) electrons. The summed E-state index contributed by atoms with van der Waals surface area (Å²) in [6.45, 7) is 1.86. The van der Waals surface area contributed by atoms with Crippen LogP contribution in [0.4, 0.5) is 11.5 Å². The number of fused-ring (bicyclic) bond motifs is 1. The minimum atomic E-state index is -3.42. The maximum Gasteiger partial charge on any atom is 0.244 e. The largest absolute Gasteiger partial charge is 0.380 e. The molecule has 4 N–H and O–H groups in total. The highest BCUT2D eigenvalue weighted by molar-refractivity contribution is 7.90. The van der Waals surface area contributed by atoms with E-state index in [0.29, 0.717) is 17.9 Å². The number of nitrogens with one attached hydrogen (secondary N) is 4. The fourth-order valence-corrected chi connectivity index (χ4v) is 4.81. The number of hydrogen-bond acceptors (Lipinski definition) is 9.